The molecule has 0 fully saturated rings. The van der Waals surface area contributed by atoms with Crippen LogP contribution in [0.1, 0.15) is 83.7 Å². The molecule has 0 aliphatic carbocycles. The molecule has 0 aromatic heterocycles. The van der Waals surface area contributed by atoms with Crippen molar-refractivity contribution in [1.82, 2.24) is 0 Å². The summed E-state index contributed by atoms with van der Waals surface area (Å²) >= 11 is 0. The topological polar surface area (TPSA) is 0 Å². The van der Waals surface area contributed by atoms with Crippen LogP contribution in [0.2, 0.25) is 0 Å². The second kappa shape index (κ2) is 50.6. The molecule has 0 radical (unpaired) electrons. The van der Waals surface area contributed by atoms with Crippen LogP contribution in [0.3, 0.4) is 0 Å². The maximum absolute atomic E-state index is 6.72. The minimum Gasteiger partial charge on any atom is -0.0776 e. The molecule has 0 unspecified atom stereocenters. The Morgan fingerprint density at radius 2 is 1.45 bits per heavy atom. The Morgan fingerprint density at radius 3 is 1.64 bits per heavy atom. The summed E-state index contributed by atoms with van der Waals surface area (Å²) in [6, 6.07) is 0. The minimum atomic E-state index is -0.250. The molecule has 0 amide bonds. The van der Waals surface area contributed by atoms with E-state index in [-0.39, 0.29) is 22.2 Å². The van der Waals surface area contributed by atoms with Gasteiger partial charge in [-0.1, -0.05) is 75.5 Å². The molecule has 11 heavy (non-hydrogen) atoms. The van der Waals surface area contributed by atoms with Crippen molar-refractivity contribution >= 4 is 0 Å². The molecular formula is C11H32. The van der Waals surface area contributed by atoms with Gasteiger partial charge in [0.25, 0.3) is 0 Å². The van der Waals surface area contributed by atoms with Crippen LogP contribution in [-0.4, -0.2) is 0 Å². The standard InChI is InChI=1S/C5H12.C3H8.3CH4/c1-3-5-4-2;1-3-2;;;/h3-5H2,1-2H3;3H2,1-2H3;3*1H4/i2*1T,2T;1T2;;. The molecule has 0 saturated carbocycles. The molecule has 0 aromatic carbocycles. The van der Waals surface area contributed by atoms with Crippen LogP contribution in [0.5, 0.6) is 0 Å². The van der Waals surface area contributed by atoms with E-state index in [1.165, 1.54) is 0 Å². The third kappa shape index (κ3) is 160. The Bertz CT molecular complexity index is 67.0. The largest absolute Gasteiger partial charge is 0.0776 e. The lowest BCUT2D eigenvalue weighted by Gasteiger charge is -1.79. The van der Waals surface area contributed by atoms with Crippen molar-refractivity contribution in [3.63, 3.8) is 0 Å². The molecule has 0 spiro atoms. The van der Waals surface area contributed by atoms with Gasteiger partial charge in [0, 0.05) is 8.22 Å². The molecule has 76 valence electrons. The lowest BCUT2D eigenvalue weighted by molar-refractivity contribution is 0.772. The van der Waals surface area contributed by atoms with E-state index >= 15 is 0 Å². The monoisotopic (exact) mass is 176 g/mol. The van der Waals surface area contributed by atoms with Crippen molar-refractivity contribution in [3.05, 3.63) is 0 Å². The van der Waals surface area contributed by atoms with Gasteiger partial charge in [-0.25, -0.2) is 0 Å². The summed E-state index contributed by atoms with van der Waals surface area (Å²) in [5.74, 6) is 0. The van der Waals surface area contributed by atoms with Gasteiger partial charge in [-0.15, -0.1) is 0 Å². The van der Waals surface area contributed by atoms with Gasteiger partial charge in [0.15, 0.2) is 0 Å². The molecule has 0 heterocycles. The molecule has 0 saturated heterocycles. The highest BCUT2D eigenvalue weighted by molar-refractivity contribution is 4.24. The number of hydrogen-bond acceptors (Lipinski definition) is 0. The molecule has 0 atom stereocenters. The lowest BCUT2D eigenvalue weighted by atomic mass is 10.3. The van der Waals surface area contributed by atoms with E-state index in [9.17, 15) is 0 Å². The van der Waals surface area contributed by atoms with Crippen molar-refractivity contribution in [2.24, 2.45) is 0 Å². The van der Waals surface area contributed by atoms with Crippen LogP contribution >= 0.6 is 0 Å². The van der Waals surface area contributed by atoms with Crippen LogP contribution in [-0.2, 0) is 0 Å². The zero-order valence-corrected chi connectivity index (χ0v) is 6.36. The van der Waals surface area contributed by atoms with Crippen LogP contribution < -0.4 is 0 Å². The SMILES string of the molecule is C.C.[3H]CCCCC[3H].[3H]CCC[3H].[3H]C[3H]. The third-order valence-corrected chi connectivity index (χ3v) is 0.500. The van der Waals surface area contributed by atoms with Gasteiger partial charge >= 0.3 is 0 Å². The van der Waals surface area contributed by atoms with E-state index < -0.39 is 0 Å². The van der Waals surface area contributed by atoms with Crippen molar-refractivity contribution in [1.29, 1.82) is 0 Å². The van der Waals surface area contributed by atoms with Gasteiger partial charge in [0.1, 0.15) is 0 Å². The molecule has 0 aromatic rings. The Kier molecular flexibility index (Phi) is 35.2. The predicted molar refractivity (Wildman–Crippen MR) is 61.4 cm³/mol. The van der Waals surface area contributed by atoms with Gasteiger partial charge in [-0.2, -0.15) is 0 Å². The molecule has 0 bridgehead atoms. The quantitative estimate of drug-likeness (QED) is 0.486. The minimum absolute atomic E-state index is 0. The lowest BCUT2D eigenvalue weighted by Crippen LogP contribution is -1.59. The Hall–Kier alpha value is 0. The molecule has 0 aliphatic rings. The van der Waals surface area contributed by atoms with E-state index in [1.54, 1.807) is 0 Å². The van der Waals surface area contributed by atoms with E-state index in [0.717, 1.165) is 25.7 Å². The first-order valence-corrected chi connectivity index (χ1v) is 3.00. The molecule has 0 heteroatoms. The number of hydrogen-bond donors (Lipinski definition) is 0. The van der Waals surface area contributed by atoms with Gasteiger partial charge in [-0.05, 0) is 0 Å². The number of rotatable bonds is 2. The predicted octanol–water partition coefficient (Wildman–Crippen LogP) is 5.52. The average Bonchev–Trinajstić information content (AvgIpc) is 2.22. The summed E-state index contributed by atoms with van der Waals surface area (Å²) in [5.41, 5.74) is 0. The first kappa shape index (κ1) is 7.64. The highest BCUT2D eigenvalue weighted by atomic mass is 13.7. The third-order valence-electron chi connectivity index (χ3n) is 0.500. The van der Waals surface area contributed by atoms with E-state index in [1.807, 2.05) is 0 Å². The van der Waals surface area contributed by atoms with Crippen LogP contribution in [0, 0.1) is 0 Å². The van der Waals surface area contributed by atoms with Gasteiger partial charge in [0.2, 0.25) is 0 Å². The maximum Gasteiger partial charge on any atom is 0.0230 e. The zero-order chi connectivity index (χ0) is 12.4. The number of unbranched alkanes of at least 4 members (excludes halogenated alkanes) is 2. The Morgan fingerprint density at radius 1 is 1.00 bits per heavy atom. The molecule has 0 rings (SSSR count). The molecule has 0 nitrogen and oxygen atoms in total. The molecular weight excluding hydrogens is 132 g/mol. The summed E-state index contributed by atoms with van der Waals surface area (Å²) in [5, 5.41) is 0. The summed E-state index contributed by atoms with van der Waals surface area (Å²) in [6.07, 6.45) is 3.73. The van der Waals surface area contributed by atoms with Crippen molar-refractivity contribution in [2.45, 2.75) is 75.5 Å². The van der Waals surface area contributed by atoms with E-state index in [0.29, 0.717) is 27.6 Å². The van der Waals surface area contributed by atoms with E-state index in [2.05, 4.69) is 0 Å². The Balaban J connectivity index is -0.0000000430. The average molecular weight is 176 g/mol. The van der Waals surface area contributed by atoms with Crippen LogP contribution in [0.15, 0.2) is 0 Å². The zero-order valence-electron chi connectivity index (χ0n) is 12.4. The molecule has 0 N–H and O–H groups in total. The van der Waals surface area contributed by atoms with Gasteiger partial charge in [-0.3, -0.25) is 0 Å². The summed E-state index contributed by atoms with van der Waals surface area (Å²) in [7, 11) is -0.250. The normalized spacial score (nSPS) is 12.0. The summed E-state index contributed by atoms with van der Waals surface area (Å²) in [4.78, 5) is 0. The Labute approximate surface area is 84.8 Å². The van der Waals surface area contributed by atoms with Crippen molar-refractivity contribution < 1.29 is 8.22 Å². The maximum atomic E-state index is 6.72. The first-order chi connectivity index (χ1) is 7.24. The fourth-order valence-electron chi connectivity index (χ4n) is 0.177. The van der Waals surface area contributed by atoms with Crippen LogP contribution in [0.4, 0.5) is 0 Å². The fraction of sp³-hybridized carbons (Fsp3) is 1.00. The summed E-state index contributed by atoms with van der Waals surface area (Å²) in [6.45, 7) is 1.87. The fourth-order valence-corrected chi connectivity index (χ4v) is 0.177. The smallest absolute Gasteiger partial charge is 0.0230 e. The van der Waals surface area contributed by atoms with Gasteiger partial charge in [0.05, 0.1) is 0 Å². The van der Waals surface area contributed by atoms with Gasteiger partial charge < -0.3 is 0 Å². The van der Waals surface area contributed by atoms with Crippen LogP contribution in [0.25, 0.3) is 0 Å². The first-order valence-electron chi connectivity index (χ1n) is 7.24. The molecule has 0 aliphatic heterocycles. The highest BCUT2D eigenvalue weighted by Gasteiger charge is 1.68. The summed E-state index contributed by atoms with van der Waals surface area (Å²) < 4.78 is 38.2. The second-order valence-electron chi connectivity index (χ2n) is 1.41. The van der Waals surface area contributed by atoms with Crippen molar-refractivity contribution in [3.8, 4) is 0 Å². The highest BCUT2D eigenvalue weighted by Crippen LogP contribution is 1.88. The second-order valence-corrected chi connectivity index (χ2v) is 1.41. The van der Waals surface area contributed by atoms with Crippen molar-refractivity contribution in [2.75, 3.05) is 0 Å². The van der Waals surface area contributed by atoms with E-state index in [4.69, 9.17) is 8.22 Å².